The van der Waals surface area contributed by atoms with E-state index in [4.69, 9.17) is 0 Å². The highest BCUT2D eigenvalue weighted by Gasteiger charge is 2.27. The maximum absolute atomic E-state index is 4.22. The van der Waals surface area contributed by atoms with Gasteiger partial charge < -0.3 is 0 Å². The summed E-state index contributed by atoms with van der Waals surface area (Å²) in [6, 6.07) is 0.391. The molecule has 0 aromatic rings. The maximum Gasteiger partial charge on any atom is 0.0494 e. The van der Waals surface area contributed by atoms with Gasteiger partial charge in [0.1, 0.15) is 0 Å². The normalized spacial score (nSPS) is 21.1. The van der Waals surface area contributed by atoms with Gasteiger partial charge in [0.2, 0.25) is 0 Å². The predicted molar refractivity (Wildman–Crippen MR) is 99.8 cm³/mol. The van der Waals surface area contributed by atoms with Crippen molar-refractivity contribution < 1.29 is 0 Å². The fourth-order valence-corrected chi connectivity index (χ4v) is 2.66. The average Bonchev–Trinajstić information content (AvgIpc) is 2.65. The zero-order valence-corrected chi connectivity index (χ0v) is 15.6. The summed E-state index contributed by atoms with van der Waals surface area (Å²) in [6.45, 7) is 16.9. The summed E-state index contributed by atoms with van der Waals surface area (Å²) in [5.41, 5.74) is 4.53. The minimum absolute atomic E-state index is 0.391. The molecule has 126 valence electrons. The molecule has 0 N–H and O–H groups in total. The predicted octanol–water partition coefficient (Wildman–Crippen LogP) is 5.21. The summed E-state index contributed by atoms with van der Waals surface area (Å²) in [5.74, 6) is 0.450. The summed E-state index contributed by atoms with van der Waals surface area (Å²) in [4.78, 5) is 0. The molecule has 0 radical (unpaired) electrons. The smallest absolute Gasteiger partial charge is 0.0494 e. The molecule has 1 unspecified atom stereocenters. The van der Waals surface area contributed by atoms with Gasteiger partial charge in [-0.15, -0.1) is 5.73 Å². The molecule has 0 saturated heterocycles. The highest BCUT2D eigenvalue weighted by molar-refractivity contribution is 5.13. The van der Waals surface area contributed by atoms with Crippen LogP contribution in [0.4, 0.5) is 0 Å². The van der Waals surface area contributed by atoms with Crippen LogP contribution < -0.4 is 0 Å². The molecule has 0 fully saturated rings. The first kappa shape index (κ1) is 20.9. The van der Waals surface area contributed by atoms with E-state index < -0.39 is 0 Å². The molecule has 22 heavy (non-hydrogen) atoms. The Labute approximate surface area is 138 Å². The van der Waals surface area contributed by atoms with Gasteiger partial charge in [-0.1, -0.05) is 52.0 Å². The molecule has 1 aliphatic carbocycles. The van der Waals surface area contributed by atoms with E-state index in [9.17, 15) is 0 Å². The molecule has 2 heteroatoms. The van der Waals surface area contributed by atoms with Crippen LogP contribution in [0.2, 0.25) is 0 Å². The number of hydrogen-bond acceptors (Lipinski definition) is 2. The fourth-order valence-electron chi connectivity index (χ4n) is 2.66. The van der Waals surface area contributed by atoms with Gasteiger partial charge in [-0.25, -0.2) is 10.0 Å². The van der Waals surface area contributed by atoms with Crippen LogP contribution >= 0.6 is 0 Å². The summed E-state index contributed by atoms with van der Waals surface area (Å²) in [6.07, 6.45) is 12.0. The number of nitrogens with zero attached hydrogens (tertiary/aromatic N) is 2. The van der Waals surface area contributed by atoms with Crippen LogP contribution in [0.25, 0.3) is 0 Å². The Bertz CT molecular complexity index is 389. The minimum atomic E-state index is 0.391. The third-order valence-electron chi connectivity index (χ3n) is 3.93. The maximum atomic E-state index is 4.22. The first-order chi connectivity index (χ1) is 10.6. The van der Waals surface area contributed by atoms with E-state index in [-0.39, 0.29) is 0 Å². The van der Waals surface area contributed by atoms with Gasteiger partial charge in [-0.05, 0) is 38.3 Å². The van der Waals surface area contributed by atoms with E-state index in [1.165, 1.54) is 5.57 Å². The van der Waals surface area contributed by atoms with Gasteiger partial charge >= 0.3 is 0 Å². The van der Waals surface area contributed by atoms with Crippen molar-refractivity contribution in [2.75, 3.05) is 20.1 Å². The van der Waals surface area contributed by atoms with E-state index >= 15 is 0 Å². The largest absolute Gasteiger partial charge is 0.245 e. The number of hydrogen-bond donors (Lipinski definition) is 0. The Morgan fingerprint density at radius 1 is 1.27 bits per heavy atom. The number of allylic oxidation sites excluding steroid dienone is 2. The van der Waals surface area contributed by atoms with E-state index in [2.05, 4.69) is 74.5 Å². The molecule has 0 spiro atoms. The highest BCUT2D eigenvalue weighted by Crippen LogP contribution is 2.26. The Hall–Kier alpha value is -1.08. The molecule has 0 aromatic carbocycles. The van der Waals surface area contributed by atoms with Crippen molar-refractivity contribution >= 4 is 0 Å². The Balaban J connectivity index is 0.00000211. The molecule has 0 amide bonds. The van der Waals surface area contributed by atoms with Crippen LogP contribution in [-0.2, 0) is 0 Å². The SMILES string of the molecule is C=C(C)[C@@H]1CC=C=CCC=CC1N(CCC)N(C)CC.CC. The second-order valence-corrected chi connectivity index (χ2v) is 5.55. The lowest BCUT2D eigenvalue weighted by Crippen LogP contribution is -2.49. The van der Waals surface area contributed by atoms with E-state index in [0.29, 0.717) is 12.0 Å². The first-order valence-corrected chi connectivity index (χ1v) is 8.80. The van der Waals surface area contributed by atoms with Crippen LogP contribution in [0.3, 0.4) is 0 Å². The fraction of sp³-hybridized carbons (Fsp3) is 0.650. The van der Waals surface area contributed by atoms with E-state index in [1.54, 1.807) is 0 Å². The molecule has 2 nitrogen and oxygen atoms in total. The molecule has 1 rings (SSSR count). The van der Waals surface area contributed by atoms with Crippen molar-refractivity contribution in [3.8, 4) is 0 Å². The molecule has 0 bridgehead atoms. The lowest BCUT2D eigenvalue weighted by molar-refractivity contribution is -0.0338. The van der Waals surface area contributed by atoms with Crippen molar-refractivity contribution in [2.24, 2.45) is 5.92 Å². The van der Waals surface area contributed by atoms with Gasteiger partial charge in [-0.3, -0.25) is 0 Å². The Kier molecular flexibility index (Phi) is 11.9. The van der Waals surface area contributed by atoms with Crippen LogP contribution in [0.15, 0.2) is 42.2 Å². The standard InChI is InChI=1S/C18H30N2.C2H6/c1-6-15-20(19(5)7-2)18-14-12-10-8-9-11-13-17(18)16(3)4;1-2/h8,11-12,14,17-18H,3,6-7,10,13,15H2,1-2,4-5H3;1-2H3/t9?,17-,18?;/m0./s1. The molecule has 0 saturated carbocycles. The van der Waals surface area contributed by atoms with Crippen LogP contribution in [-0.4, -0.2) is 36.2 Å². The molecule has 2 atom stereocenters. The quantitative estimate of drug-likeness (QED) is 0.377. The highest BCUT2D eigenvalue weighted by atomic mass is 15.6. The third-order valence-corrected chi connectivity index (χ3v) is 3.93. The zero-order chi connectivity index (χ0) is 17.0. The number of hydrazine groups is 1. The van der Waals surface area contributed by atoms with Gasteiger partial charge in [0.25, 0.3) is 0 Å². The third kappa shape index (κ3) is 6.79. The van der Waals surface area contributed by atoms with Crippen molar-refractivity contribution in [3.63, 3.8) is 0 Å². The summed E-state index contributed by atoms with van der Waals surface area (Å²) >= 11 is 0. The lowest BCUT2D eigenvalue weighted by Gasteiger charge is -2.40. The molecule has 0 aliphatic heterocycles. The van der Waals surface area contributed by atoms with Gasteiger partial charge in [0, 0.05) is 32.1 Å². The average molecular weight is 305 g/mol. The zero-order valence-electron chi connectivity index (χ0n) is 15.6. The molecular formula is C20H36N2. The van der Waals surface area contributed by atoms with Crippen molar-refractivity contribution in [2.45, 2.75) is 59.9 Å². The van der Waals surface area contributed by atoms with E-state index in [1.807, 2.05) is 13.8 Å². The molecule has 0 heterocycles. The van der Waals surface area contributed by atoms with E-state index in [0.717, 1.165) is 32.4 Å². The molecular weight excluding hydrogens is 268 g/mol. The van der Waals surface area contributed by atoms with Gasteiger partial charge in [-0.2, -0.15) is 0 Å². The molecule has 1 aliphatic rings. The van der Waals surface area contributed by atoms with Gasteiger partial charge in [0.05, 0.1) is 0 Å². The summed E-state index contributed by atoms with van der Waals surface area (Å²) in [5, 5.41) is 4.83. The van der Waals surface area contributed by atoms with Crippen molar-refractivity contribution in [3.05, 3.63) is 42.2 Å². The van der Waals surface area contributed by atoms with Crippen LogP contribution in [0.1, 0.15) is 53.9 Å². The van der Waals surface area contributed by atoms with Gasteiger partial charge in [0.15, 0.2) is 0 Å². The second-order valence-electron chi connectivity index (χ2n) is 5.55. The lowest BCUT2D eigenvalue weighted by atomic mass is 9.89. The Morgan fingerprint density at radius 2 is 1.95 bits per heavy atom. The molecule has 0 aromatic heterocycles. The van der Waals surface area contributed by atoms with Crippen molar-refractivity contribution in [1.82, 2.24) is 10.0 Å². The second kappa shape index (κ2) is 12.5. The monoisotopic (exact) mass is 304 g/mol. The van der Waals surface area contributed by atoms with Crippen molar-refractivity contribution in [1.29, 1.82) is 0 Å². The van der Waals surface area contributed by atoms with Crippen LogP contribution in [0, 0.1) is 5.92 Å². The minimum Gasteiger partial charge on any atom is -0.245 e. The number of rotatable bonds is 6. The topological polar surface area (TPSA) is 6.48 Å². The van der Waals surface area contributed by atoms with Crippen LogP contribution in [0.5, 0.6) is 0 Å². The Morgan fingerprint density at radius 3 is 2.50 bits per heavy atom. The summed E-state index contributed by atoms with van der Waals surface area (Å²) < 4.78 is 0. The first-order valence-electron chi connectivity index (χ1n) is 8.80. The summed E-state index contributed by atoms with van der Waals surface area (Å²) in [7, 11) is 2.18.